The molecule has 1 aromatic heterocycles. The van der Waals surface area contributed by atoms with E-state index in [2.05, 4.69) is 9.97 Å². The van der Waals surface area contributed by atoms with Crippen molar-refractivity contribution in [2.45, 2.75) is 31.8 Å². The van der Waals surface area contributed by atoms with Crippen LogP contribution < -0.4 is 5.56 Å². The van der Waals surface area contributed by atoms with Crippen LogP contribution in [0.1, 0.15) is 26.0 Å². The van der Waals surface area contributed by atoms with Crippen molar-refractivity contribution in [3.05, 3.63) is 22.1 Å². The van der Waals surface area contributed by atoms with Crippen LogP contribution in [0.15, 0.2) is 16.0 Å². The van der Waals surface area contributed by atoms with Crippen molar-refractivity contribution in [2.24, 2.45) is 0 Å². The summed E-state index contributed by atoms with van der Waals surface area (Å²) in [7, 11) is 0. The van der Waals surface area contributed by atoms with E-state index in [4.69, 9.17) is 0 Å². The van der Waals surface area contributed by atoms with E-state index in [1.54, 1.807) is 0 Å². The van der Waals surface area contributed by atoms with Crippen LogP contribution in [0.3, 0.4) is 0 Å². The Bertz CT molecular complexity index is 401. The number of thioether (sulfide) groups is 1. The number of Topliss-reactive ketones (excluding diaryl/α,β-unsaturated/α-hetero) is 1. The quantitative estimate of drug-likeness (QED) is 0.609. The predicted octanol–water partition coefficient (Wildman–Crippen LogP) is 1.40. The van der Waals surface area contributed by atoms with Crippen LogP contribution in [-0.4, -0.2) is 21.5 Å². The van der Waals surface area contributed by atoms with Gasteiger partial charge in [-0.05, 0) is 13.3 Å². The molecule has 0 radical (unpaired) electrons. The standard InChI is InChI=1S/C10H14N2O2S/c1-3-4-8-5-9(14)12-10(11-8)15-6-7(2)13/h5H,3-4,6H2,1-2H3,(H,11,12,14). The molecule has 15 heavy (non-hydrogen) atoms. The molecule has 0 aromatic carbocycles. The monoisotopic (exact) mass is 226 g/mol. The van der Waals surface area contributed by atoms with Gasteiger partial charge in [-0.3, -0.25) is 9.59 Å². The summed E-state index contributed by atoms with van der Waals surface area (Å²) >= 11 is 1.27. The molecule has 0 aliphatic heterocycles. The molecule has 4 nitrogen and oxygen atoms in total. The van der Waals surface area contributed by atoms with Gasteiger partial charge in [0.2, 0.25) is 0 Å². The smallest absolute Gasteiger partial charge is 0.251 e. The first kappa shape index (κ1) is 12.0. The third kappa shape index (κ3) is 4.29. The molecular weight excluding hydrogens is 212 g/mol. The normalized spacial score (nSPS) is 10.3. The van der Waals surface area contributed by atoms with Crippen LogP contribution in [0.25, 0.3) is 0 Å². The van der Waals surface area contributed by atoms with Gasteiger partial charge in [0.25, 0.3) is 5.56 Å². The maximum Gasteiger partial charge on any atom is 0.251 e. The molecule has 0 saturated heterocycles. The number of hydrogen-bond donors (Lipinski definition) is 1. The Balaban J connectivity index is 2.79. The minimum Gasteiger partial charge on any atom is -0.301 e. The van der Waals surface area contributed by atoms with Gasteiger partial charge < -0.3 is 4.98 Å². The van der Waals surface area contributed by atoms with Crippen LogP contribution in [0, 0.1) is 0 Å². The maximum atomic E-state index is 11.2. The summed E-state index contributed by atoms with van der Waals surface area (Å²) in [5, 5.41) is 0.529. The highest BCUT2D eigenvalue weighted by Gasteiger charge is 2.02. The summed E-state index contributed by atoms with van der Waals surface area (Å²) in [6.45, 7) is 3.55. The zero-order chi connectivity index (χ0) is 11.3. The Morgan fingerprint density at radius 3 is 2.93 bits per heavy atom. The van der Waals surface area contributed by atoms with Gasteiger partial charge >= 0.3 is 0 Å². The molecule has 1 aromatic rings. The zero-order valence-electron chi connectivity index (χ0n) is 8.87. The number of aryl methyl sites for hydroxylation is 1. The lowest BCUT2D eigenvalue weighted by Crippen LogP contribution is -2.10. The van der Waals surface area contributed by atoms with E-state index >= 15 is 0 Å². The first-order valence-electron chi connectivity index (χ1n) is 4.84. The van der Waals surface area contributed by atoms with E-state index in [1.165, 1.54) is 24.8 Å². The number of carbonyl (C=O) groups excluding carboxylic acids is 1. The Morgan fingerprint density at radius 2 is 2.33 bits per heavy atom. The number of carbonyl (C=O) groups is 1. The second-order valence-electron chi connectivity index (χ2n) is 3.28. The lowest BCUT2D eigenvalue weighted by Gasteiger charge is -2.01. The van der Waals surface area contributed by atoms with Gasteiger partial charge in [0.1, 0.15) is 5.78 Å². The molecule has 1 heterocycles. The number of nitrogens with one attached hydrogen (secondary N) is 1. The minimum absolute atomic E-state index is 0.0727. The van der Waals surface area contributed by atoms with Gasteiger partial charge in [-0.15, -0.1) is 0 Å². The van der Waals surface area contributed by atoms with E-state index < -0.39 is 0 Å². The molecule has 5 heteroatoms. The van der Waals surface area contributed by atoms with E-state index in [0.29, 0.717) is 10.9 Å². The number of aromatic amines is 1. The SMILES string of the molecule is CCCc1cc(=O)[nH]c(SCC(C)=O)n1. The van der Waals surface area contributed by atoms with Crippen LogP contribution in [0.2, 0.25) is 0 Å². The molecule has 0 fully saturated rings. The number of rotatable bonds is 5. The van der Waals surface area contributed by atoms with Gasteiger partial charge in [-0.2, -0.15) is 0 Å². The number of aromatic nitrogens is 2. The number of hydrogen-bond acceptors (Lipinski definition) is 4. The molecule has 0 spiro atoms. The summed E-state index contributed by atoms with van der Waals surface area (Å²) in [6, 6.07) is 1.50. The Hall–Kier alpha value is -1.10. The molecule has 1 N–H and O–H groups in total. The van der Waals surface area contributed by atoms with Gasteiger partial charge in [0.15, 0.2) is 5.16 Å². The van der Waals surface area contributed by atoms with Crippen molar-refractivity contribution in [3.63, 3.8) is 0 Å². The van der Waals surface area contributed by atoms with E-state index in [-0.39, 0.29) is 11.3 Å². The van der Waals surface area contributed by atoms with E-state index in [1.807, 2.05) is 6.92 Å². The molecule has 0 bridgehead atoms. The average molecular weight is 226 g/mol. The Morgan fingerprint density at radius 1 is 1.60 bits per heavy atom. The average Bonchev–Trinajstić information content (AvgIpc) is 2.14. The molecule has 0 unspecified atom stereocenters. The van der Waals surface area contributed by atoms with Gasteiger partial charge in [0.05, 0.1) is 5.75 Å². The number of H-pyrrole nitrogens is 1. The highest BCUT2D eigenvalue weighted by molar-refractivity contribution is 7.99. The second-order valence-corrected chi connectivity index (χ2v) is 4.25. The van der Waals surface area contributed by atoms with Crippen molar-refractivity contribution in [1.82, 2.24) is 9.97 Å². The molecule has 0 saturated carbocycles. The molecule has 0 amide bonds. The van der Waals surface area contributed by atoms with Gasteiger partial charge in [0, 0.05) is 11.8 Å². The Kier molecular flexibility index (Phi) is 4.55. The van der Waals surface area contributed by atoms with Crippen molar-refractivity contribution < 1.29 is 4.79 Å². The molecule has 0 atom stereocenters. The molecule has 0 aliphatic carbocycles. The molecule has 1 rings (SSSR count). The van der Waals surface area contributed by atoms with Crippen LogP contribution in [0.5, 0.6) is 0 Å². The molecule has 0 aliphatic rings. The summed E-state index contributed by atoms with van der Waals surface area (Å²) < 4.78 is 0. The van der Waals surface area contributed by atoms with Gasteiger partial charge in [-0.25, -0.2) is 4.98 Å². The van der Waals surface area contributed by atoms with E-state index in [9.17, 15) is 9.59 Å². The highest BCUT2D eigenvalue weighted by Crippen LogP contribution is 2.11. The summed E-state index contributed by atoms with van der Waals surface area (Å²) in [6.07, 6.45) is 1.74. The predicted molar refractivity (Wildman–Crippen MR) is 60.3 cm³/mol. The van der Waals surface area contributed by atoms with Crippen molar-refractivity contribution >= 4 is 17.5 Å². The van der Waals surface area contributed by atoms with Crippen LogP contribution >= 0.6 is 11.8 Å². The molecule has 82 valence electrons. The lowest BCUT2D eigenvalue weighted by molar-refractivity contribution is -0.114. The van der Waals surface area contributed by atoms with Crippen LogP contribution in [-0.2, 0) is 11.2 Å². The largest absolute Gasteiger partial charge is 0.301 e. The fourth-order valence-corrected chi connectivity index (χ4v) is 1.80. The molecular formula is C10H14N2O2S. The van der Waals surface area contributed by atoms with Crippen LogP contribution in [0.4, 0.5) is 0 Å². The second kappa shape index (κ2) is 5.70. The van der Waals surface area contributed by atoms with Crippen molar-refractivity contribution in [1.29, 1.82) is 0 Å². The summed E-state index contributed by atoms with van der Waals surface area (Å²) in [5.74, 6) is 0.418. The van der Waals surface area contributed by atoms with E-state index in [0.717, 1.165) is 18.5 Å². The first-order chi connectivity index (χ1) is 7.11. The lowest BCUT2D eigenvalue weighted by atomic mass is 10.2. The summed E-state index contributed by atoms with van der Waals surface area (Å²) in [5.41, 5.74) is 0.631. The van der Waals surface area contributed by atoms with Crippen molar-refractivity contribution in [3.8, 4) is 0 Å². The number of nitrogens with zero attached hydrogens (tertiary/aromatic N) is 1. The number of ketones is 1. The highest BCUT2D eigenvalue weighted by atomic mass is 32.2. The fourth-order valence-electron chi connectivity index (χ4n) is 1.11. The topological polar surface area (TPSA) is 62.8 Å². The summed E-state index contributed by atoms with van der Waals surface area (Å²) in [4.78, 5) is 28.9. The van der Waals surface area contributed by atoms with Crippen molar-refractivity contribution in [2.75, 3.05) is 5.75 Å². The fraction of sp³-hybridized carbons (Fsp3) is 0.500. The first-order valence-corrected chi connectivity index (χ1v) is 5.83. The minimum atomic E-state index is -0.153. The maximum absolute atomic E-state index is 11.2. The zero-order valence-corrected chi connectivity index (χ0v) is 9.69. The van der Waals surface area contributed by atoms with Gasteiger partial charge in [-0.1, -0.05) is 25.1 Å². The third-order valence-electron chi connectivity index (χ3n) is 1.69. The Labute approximate surface area is 92.5 Å². The third-order valence-corrected chi connectivity index (χ3v) is 2.71.